The van der Waals surface area contributed by atoms with Crippen LogP contribution in [0.4, 0.5) is 4.79 Å². The number of benzene rings is 3. The van der Waals surface area contributed by atoms with Crippen molar-refractivity contribution in [3.63, 3.8) is 0 Å². The first kappa shape index (κ1) is 30.1. The van der Waals surface area contributed by atoms with Crippen LogP contribution < -0.4 is 14.2 Å². The molecule has 4 aromatic rings. The second kappa shape index (κ2) is 11.4. The third kappa shape index (κ3) is 6.52. The maximum Gasteiger partial charge on any atom is 0.419 e. The van der Waals surface area contributed by atoms with E-state index >= 15 is 0 Å². The molecule has 226 valence electrons. The number of nitrogens with zero attached hydrogens (tertiary/aromatic N) is 2. The molecule has 1 aliphatic heterocycles. The Morgan fingerprint density at radius 2 is 1.72 bits per heavy atom. The van der Waals surface area contributed by atoms with E-state index in [4.69, 9.17) is 13.7 Å². The molecule has 5 rings (SSSR count). The summed E-state index contributed by atoms with van der Waals surface area (Å²) in [5.74, 6) is -0.374. The first-order chi connectivity index (χ1) is 20.2. The van der Waals surface area contributed by atoms with Crippen LogP contribution in [0.3, 0.4) is 0 Å². The fourth-order valence-corrected chi connectivity index (χ4v) is 5.79. The van der Waals surface area contributed by atoms with E-state index in [1.165, 1.54) is 23.3 Å². The minimum atomic E-state index is -3.93. The maximum atomic E-state index is 13.7. The molecule has 0 unspecified atom stereocenters. The van der Waals surface area contributed by atoms with Crippen LogP contribution in [0.1, 0.15) is 47.8 Å². The highest BCUT2D eigenvalue weighted by Gasteiger charge is 2.34. The third-order valence-electron chi connectivity index (χ3n) is 6.92. The summed E-state index contributed by atoms with van der Waals surface area (Å²) in [7, 11) is -0.500. The lowest BCUT2D eigenvalue weighted by molar-refractivity contribution is 0.0546. The van der Waals surface area contributed by atoms with Gasteiger partial charge in [0.25, 0.3) is 5.91 Å². The summed E-state index contributed by atoms with van der Waals surface area (Å²) in [6.07, 6.45) is 0.306. The average Bonchev–Trinajstić information content (AvgIpc) is 3.48. The fraction of sp³-hybridized carbons (Fsp3) is 0.312. The van der Waals surface area contributed by atoms with Crippen LogP contribution in [0.15, 0.2) is 60.7 Å². The molecule has 1 N–H and O–H groups in total. The Kier molecular flexibility index (Phi) is 7.97. The van der Waals surface area contributed by atoms with Crippen molar-refractivity contribution in [2.24, 2.45) is 0 Å². The molecule has 0 atom stereocenters. The SMILES string of the molecule is COc1cc(-c2cc3cc(CN(C)Cc4ccccc4)ccc3n2C(=O)OC(C)(C)C)c2c(c1OS(C)(=O)=O)CNC2=O. The Hall–Kier alpha value is -4.35. The van der Waals surface area contributed by atoms with Gasteiger partial charge in [0.1, 0.15) is 5.60 Å². The van der Waals surface area contributed by atoms with Gasteiger partial charge in [-0.3, -0.25) is 9.69 Å². The predicted octanol–water partition coefficient (Wildman–Crippen LogP) is 5.31. The molecular formula is C32H35N3O7S. The summed E-state index contributed by atoms with van der Waals surface area (Å²) in [6.45, 7) is 6.81. The molecule has 1 aliphatic rings. The second-order valence-electron chi connectivity index (χ2n) is 11.7. The van der Waals surface area contributed by atoms with Gasteiger partial charge in [0.2, 0.25) is 0 Å². The van der Waals surface area contributed by atoms with E-state index in [0.29, 0.717) is 28.9 Å². The van der Waals surface area contributed by atoms with Crippen LogP contribution in [0.2, 0.25) is 0 Å². The van der Waals surface area contributed by atoms with Gasteiger partial charge in [-0.05, 0) is 63.2 Å². The molecule has 0 aliphatic carbocycles. The van der Waals surface area contributed by atoms with Crippen LogP contribution in [-0.4, -0.2) is 55.9 Å². The third-order valence-corrected chi connectivity index (χ3v) is 7.39. The van der Waals surface area contributed by atoms with Gasteiger partial charge < -0.3 is 19.0 Å². The number of rotatable bonds is 8. The molecule has 0 radical (unpaired) electrons. The van der Waals surface area contributed by atoms with Crippen molar-refractivity contribution in [3.8, 4) is 22.8 Å². The van der Waals surface area contributed by atoms with Gasteiger partial charge >= 0.3 is 16.2 Å². The first-order valence-electron chi connectivity index (χ1n) is 13.8. The van der Waals surface area contributed by atoms with Crippen LogP contribution in [0.5, 0.6) is 11.5 Å². The van der Waals surface area contributed by atoms with E-state index in [0.717, 1.165) is 23.8 Å². The van der Waals surface area contributed by atoms with Crippen LogP contribution >= 0.6 is 0 Å². The zero-order chi connectivity index (χ0) is 31.1. The van der Waals surface area contributed by atoms with Crippen molar-refractivity contribution in [1.29, 1.82) is 0 Å². The molecule has 1 amide bonds. The number of hydrogen-bond acceptors (Lipinski definition) is 8. The number of hydrogen-bond donors (Lipinski definition) is 1. The number of aromatic nitrogens is 1. The standard InChI is InChI=1S/C32H35N3O7S/c1-32(2,3)41-31(37)35-25-13-12-21(19-34(4)18-20-10-8-7-9-11-20)14-22(25)15-26(35)23-16-27(40-5)29(42-43(6,38)39)24-17-33-30(36)28(23)24/h7-16H,17-19H2,1-6H3,(H,33,36). The summed E-state index contributed by atoms with van der Waals surface area (Å²) >= 11 is 0. The Morgan fingerprint density at radius 1 is 1.02 bits per heavy atom. The van der Waals surface area contributed by atoms with Gasteiger partial charge in [-0.1, -0.05) is 36.4 Å². The van der Waals surface area contributed by atoms with Gasteiger partial charge in [0, 0.05) is 36.1 Å². The molecule has 3 aromatic carbocycles. The Labute approximate surface area is 251 Å². The fourth-order valence-electron chi connectivity index (χ4n) is 5.30. The van der Waals surface area contributed by atoms with E-state index < -0.39 is 27.7 Å². The summed E-state index contributed by atoms with van der Waals surface area (Å²) in [6, 6.07) is 19.4. The lowest BCUT2D eigenvalue weighted by Crippen LogP contribution is -2.27. The summed E-state index contributed by atoms with van der Waals surface area (Å²) in [4.78, 5) is 29.0. The summed E-state index contributed by atoms with van der Waals surface area (Å²) in [5.41, 5.74) is 3.37. The molecule has 0 fully saturated rings. The highest BCUT2D eigenvalue weighted by atomic mass is 32.2. The van der Waals surface area contributed by atoms with Crippen molar-refractivity contribution in [3.05, 3.63) is 82.9 Å². The number of methoxy groups -OCH3 is 1. The lowest BCUT2D eigenvalue weighted by Gasteiger charge is -2.22. The van der Waals surface area contributed by atoms with Gasteiger partial charge in [-0.2, -0.15) is 8.42 Å². The molecule has 0 spiro atoms. The molecule has 10 nitrogen and oxygen atoms in total. The largest absolute Gasteiger partial charge is 0.493 e. The van der Waals surface area contributed by atoms with E-state index in [9.17, 15) is 18.0 Å². The predicted molar refractivity (Wildman–Crippen MR) is 164 cm³/mol. The van der Waals surface area contributed by atoms with Crippen LogP contribution in [0.25, 0.3) is 22.2 Å². The highest BCUT2D eigenvalue weighted by molar-refractivity contribution is 7.86. The van der Waals surface area contributed by atoms with Crippen molar-refractivity contribution in [2.45, 2.75) is 46.0 Å². The van der Waals surface area contributed by atoms with Crippen molar-refractivity contribution in [1.82, 2.24) is 14.8 Å². The molecule has 43 heavy (non-hydrogen) atoms. The van der Waals surface area contributed by atoms with E-state index in [1.54, 1.807) is 20.8 Å². The highest BCUT2D eigenvalue weighted by Crippen LogP contribution is 2.44. The summed E-state index contributed by atoms with van der Waals surface area (Å²) in [5, 5.41) is 3.52. The molecule has 1 aromatic heterocycles. The first-order valence-corrected chi connectivity index (χ1v) is 15.6. The number of carbonyl (C=O) groups excluding carboxylic acids is 2. The minimum Gasteiger partial charge on any atom is -0.493 e. The number of nitrogens with one attached hydrogen (secondary N) is 1. The number of amides is 1. The second-order valence-corrected chi connectivity index (χ2v) is 13.3. The molecule has 2 heterocycles. The van der Waals surface area contributed by atoms with Gasteiger partial charge in [0.05, 0.1) is 30.1 Å². The van der Waals surface area contributed by atoms with E-state index in [2.05, 4.69) is 22.3 Å². The Bertz CT molecular complexity index is 1820. The smallest absolute Gasteiger partial charge is 0.419 e. The monoisotopic (exact) mass is 605 g/mol. The summed E-state index contributed by atoms with van der Waals surface area (Å²) < 4.78 is 42.1. The van der Waals surface area contributed by atoms with Crippen molar-refractivity contribution in [2.75, 3.05) is 20.4 Å². The lowest BCUT2D eigenvalue weighted by atomic mass is 9.98. The van der Waals surface area contributed by atoms with Crippen LogP contribution in [0, 0.1) is 0 Å². The normalized spacial score (nSPS) is 13.2. The molecule has 11 heteroatoms. The van der Waals surface area contributed by atoms with Gasteiger partial charge in [-0.15, -0.1) is 0 Å². The molecule has 0 saturated carbocycles. The van der Waals surface area contributed by atoms with Crippen molar-refractivity contribution >= 4 is 33.0 Å². The number of carbonyl (C=O) groups is 2. The Balaban J connectivity index is 1.65. The zero-order valence-electron chi connectivity index (χ0n) is 25.1. The van der Waals surface area contributed by atoms with Crippen LogP contribution in [-0.2, 0) is 34.5 Å². The molecular weight excluding hydrogens is 570 g/mol. The Morgan fingerprint density at radius 3 is 2.37 bits per heavy atom. The minimum absolute atomic E-state index is 0.0355. The quantitative estimate of drug-likeness (QED) is 0.269. The molecule has 0 bridgehead atoms. The number of ether oxygens (including phenoxy) is 2. The zero-order valence-corrected chi connectivity index (χ0v) is 25.9. The van der Waals surface area contributed by atoms with E-state index in [-0.39, 0.29) is 23.6 Å². The van der Waals surface area contributed by atoms with Gasteiger partial charge in [-0.25, -0.2) is 9.36 Å². The molecule has 0 saturated heterocycles. The average molecular weight is 606 g/mol. The topological polar surface area (TPSA) is 116 Å². The maximum absolute atomic E-state index is 13.7. The van der Waals surface area contributed by atoms with Gasteiger partial charge in [0.15, 0.2) is 11.5 Å². The van der Waals surface area contributed by atoms with Crippen molar-refractivity contribution < 1.29 is 31.7 Å². The number of fused-ring (bicyclic) bond motifs is 2. The van der Waals surface area contributed by atoms with E-state index in [1.807, 2.05) is 49.5 Å².